The maximum Gasteiger partial charge on any atom is 0.292 e. The highest BCUT2D eigenvalue weighted by Crippen LogP contribution is 2.31. The molecular formula is C17H19N5O6S. The number of nitro groups is 2. The molecule has 1 fully saturated rings. The summed E-state index contributed by atoms with van der Waals surface area (Å²) in [6.45, 7) is 0.974. The molecule has 154 valence electrons. The van der Waals surface area contributed by atoms with Crippen LogP contribution in [0, 0.1) is 20.2 Å². The van der Waals surface area contributed by atoms with E-state index in [4.69, 9.17) is 0 Å². The number of sulfonamides is 1. The van der Waals surface area contributed by atoms with Gasteiger partial charge in [-0.15, -0.1) is 0 Å². The molecule has 0 unspecified atom stereocenters. The number of nitrogens with one attached hydrogen (secondary N) is 1. The molecule has 0 amide bonds. The molecule has 1 N–H and O–H groups in total. The second-order valence-corrected chi connectivity index (χ2v) is 8.23. The van der Waals surface area contributed by atoms with E-state index in [-0.39, 0.29) is 23.7 Å². The molecule has 1 aliphatic rings. The Morgan fingerprint density at radius 2 is 1.55 bits per heavy atom. The van der Waals surface area contributed by atoms with E-state index in [0.717, 1.165) is 5.69 Å². The third-order valence-corrected chi connectivity index (χ3v) is 6.68. The van der Waals surface area contributed by atoms with Gasteiger partial charge in [-0.3, -0.25) is 20.2 Å². The van der Waals surface area contributed by atoms with Gasteiger partial charge in [0, 0.05) is 51.0 Å². The van der Waals surface area contributed by atoms with Crippen LogP contribution < -0.4 is 10.2 Å². The highest BCUT2D eigenvalue weighted by Gasteiger charge is 2.33. The first-order chi connectivity index (χ1) is 13.8. The minimum atomic E-state index is -4.01. The van der Waals surface area contributed by atoms with Crippen LogP contribution in [0.3, 0.4) is 0 Å². The topological polar surface area (TPSA) is 139 Å². The average Bonchev–Trinajstić information content (AvgIpc) is 2.73. The molecule has 0 radical (unpaired) electrons. The van der Waals surface area contributed by atoms with Gasteiger partial charge in [0.05, 0.1) is 9.85 Å². The van der Waals surface area contributed by atoms with Gasteiger partial charge in [0.2, 0.25) is 10.0 Å². The van der Waals surface area contributed by atoms with E-state index in [9.17, 15) is 28.6 Å². The largest absolute Gasteiger partial charge is 0.383 e. The van der Waals surface area contributed by atoms with Gasteiger partial charge in [-0.05, 0) is 18.2 Å². The quantitative estimate of drug-likeness (QED) is 0.552. The lowest BCUT2D eigenvalue weighted by molar-refractivity contribution is -0.387. The molecule has 3 rings (SSSR count). The second kappa shape index (κ2) is 8.01. The molecule has 12 heteroatoms. The molecular weight excluding hydrogens is 402 g/mol. The summed E-state index contributed by atoms with van der Waals surface area (Å²) in [7, 11) is -2.42. The van der Waals surface area contributed by atoms with Crippen molar-refractivity contribution >= 4 is 32.8 Å². The first kappa shape index (κ1) is 20.5. The van der Waals surface area contributed by atoms with E-state index in [0.29, 0.717) is 18.8 Å². The summed E-state index contributed by atoms with van der Waals surface area (Å²) in [5, 5.41) is 25.0. The number of hydrogen-bond acceptors (Lipinski definition) is 8. The minimum absolute atomic E-state index is 0.0474. The average molecular weight is 421 g/mol. The number of nitro benzene ring substituents is 2. The monoisotopic (exact) mass is 421 g/mol. The van der Waals surface area contributed by atoms with Crippen LogP contribution in [0.25, 0.3) is 0 Å². The number of nitrogens with zero attached hydrogens (tertiary/aromatic N) is 4. The van der Waals surface area contributed by atoms with Gasteiger partial charge in [-0.2, -0.15) is 4.31 Å². The van der Waals surface area contributed by atoms with Gasteiger partial charge in [-0.1, -0.05) is 12.1 Å². The molecule has 0 aliphatic carbocycles. The maximum atomic E-state index is 12.9. The molecule has 0 spiro atoms. The van der Waals surface area contributed by atoms with Crippen molar-refractivity contribution in [1.29, 1.82) is 0 Å². The summed E-state index contributed by atoms with van der Waals surface area (Å²) in [5.74, 6) is 0. The van der Waals surface area contributed by atoms with Crippen molar-refractivity contribution in [1.82, 2.24) is 4.31 Å². The lowest BCUT2D eigenvalue weighted by Crippen LogP contribution is -2.48. The van der Waals surface area contributed by atoms with Gasteiger partial charge in [0.15, 0.2) is 4.90 Å². The Labute approximate surface area is 166 Å². The van der Waals surface area contributed by atoms with Gasteiger partial charge in [0.1, 0.15) is 5.69 Å². The minimum Gasteiger partial charge on any atom is -0.383 e. The first-order valence-electron chi connectivity index (χ1n) is 8.70. The Hall–Kier alpha value is -3.25. The molecule has 2 aromatic rings. The van der Waals surface area contributed by atoms with Crippen LogP contribution in [0.4, 0.5) is 22.7 Å². The van der Waals surface area contributed by atoms with Crippen molar-refractivity contribution < 1.29 is 18.3 Å². The van der Waals surface area contributed by atoms with E-state index in [1.54, 1.807) is 19.2 Å². The van der Waals surface area contributed by atoms with E-state index < -0.39 is 25.6 Å². The van der Waals surface area contributed by atoms with Crippen LogP contribution in [0.15, 0.2) is 47.4 Å². The summed E-state index contributed by atoms with van der Waals surface area (Å²) >= 11 is 0. The van der Waals surface area contributed by atoms with Crippen LogP contribution in [0.1, 0.15) is 0 Å². The Bertz CT molecular complexity index is 1050. The summed E-state index contributed by atoms with van der Waals surface area (Å²) in [6.07, 6.45) is 0. The fourth-order valence-corrected chi connectivity index (χ4v) is 4.81. The number of hydrogen-bond donors (Lipinski definition) is 1. The second-order valence-electron chi connectivity index (χ2n) is 6.32. The highest BCUT2D eigenvalue weighted by molar-refractivity contribution is 7.89. The first-order valence-corrected chi connectivity index (χ1v) is 10.1. The van der Waals surface area contributed by atoms with Crippen LogP contribution in [-0.4, -0.2) is 55.8 Å². The third-order valence-electron chi connectivity index (χ3n) is 4.73. The lowest BCUT2D eigenvalue weighted by Gasteiger charge is -2.35. The van der Waals surface area contributed by atoms with Crippen molar-refractivity contribution in [2.45, 2.75) is 4.90 Å². The Kier molecular flexibility index (Phi) is 5.66. The van der Waals surface area contributed by atoms with E-state index in [1.165, 1.54) is 34.6 Å². The number of benzene rings is 2. The third kappa shape index (κ3) is 3.98. The van der Waals surface area contributed by atoms with Crippen LogP contribution in [0.5, 0.6) is 0 Å². The Balaban J connectivity index is 1.79. The van der Waals surface area contributed by atoms with Gasteiger partial charge < -0.3 is 10.2 Å². The van der Waals surface area contributed by atoms with Crippen molar-refractivity contribution in [3.63, 3.8) is 0 Å². The van der Waals surface area contributed by atoms with Crippen LogP contribution in [0.2, 0.25) is 0 Å². The SMILES string of the molecule is CNc1cc(N2CCN(S(=O)(=O)c3ccccc3[N+](=O)[O-])CC2)ccc1[N+](=O)[O-]. The van der Waals surface area contributed by atoms with Crippen LogP contribution >= 0.6 is 0 Å². The number of rotatable bonds is 6. The van der Waals surface area contributed by atoms with E-state index in [2.05, 4.69) is 5.32 Å². The number of anilines is 2. The van der Waals surface area contributed by atoms with Crippen molar-refractivity contribution in [3.05, 3.63) is 62.7 Å². The summed E-state index contributed by atoms with van der Waals surface area (Å²) in [6, 6.07) is 9.93. The normalized spacial score (nSPS) is 15.1. The molecule has 0 bridgehead atoms. The Morgan fingerprint density at radius 3 is 2.14 bits per heavy atom. The van der Waals surface area contributed by atoms with Gasteiger partial charge in [-0.25, -0.2) is 8.42 Å². The standard InChI is InChI=1S/C17H19N5O6S/c1-18-14-12-13(6-7-15(14)21(23)24)19-8-10-20(11-9-19)29(27,28)17-5-3-2-4-16(17)22(25)26/h2-7,12,18H,8-11H2,1H3. The Morgan fingerprint density at radius 1 is 0.931 bits per heavy atom. The molecule has 1 aliphatic heterocycles. The molecule has 11 nitrogen and oxygen atoms in total. The van der Waals surface area contributed by atoms with E-state index in [1.807, 2.05) is 4.90 Å². The summed E-state index contributed by atoms with van der Waals surface area (Å²) in [5.41, 5.74) is 0.586. The zero-order valence-electron chi connectivity index (χ0n) is 15.5. The smallest absolute Gasteiger partial charge is 0.292 e. The molecule has 0 atom stereocenters. The predicted octanol–water partition coefficient (Wildman–Crippen LogP) is 2.06. The highest BCUT2D eigenvalue weighted by atomic mass is 32.2. The van der Waals surface area contributed by atoms with Crippen molar-refractivity contribution in [3.8, 4) is 0 Å². The number of piperazine rings is 1. The maximum absolute atomic E-state index is 12.9. The molecule has 1 heterocycles. The molecule has 29 heavy (non-hydrogen) atoms. The van der Waals surface area contributed by atoms with Crippen LogP contribution in [-0.2, 0) is 10.0 Å². The zero-order chi connectivity index (χ0) is 21.2. The van der Waals surface area contributed by atoms with Gasteiger partial charge in [0.25, 0.3) is 11.4 Å². The zero-order valence-corrected chi connectivity index (χ0v) is 16.3. The predicted molar refractivity (Wildman–Crippen MR) is 107 cm³/mol. The van der Waals surface area contributed by atoms with Crippen molar-refractivity contribution in [2.75, 3.05) is 43.4 Å². The van der Waals surface area contributed by atoms with Gasteiger partial charge >= 0.3 is 0 Å². The fourth-order valence-electron chi connectivity index (χ4n) is 3.23. The molecule has 0 saturated carbocycles. The fraction of sp³-hybridized carbons (Fsp3) is 0.294. The summed E-state index contributed by atoms with van der Waals surface area (Å²) < 4.78 is 27.0. The van der Waals surface area contributed by atoms with E-state index >= 15 is 0 Å². The summed E-state index contributed by atoms with van der Waals surface area (Å²) in [4.78, 5) is 22.6. The number of para-hydroxylation sites is 1. The molecule has 1 saturated heterocycles. The molecule has 2 aromatic carbocycles. The van der Waals surface area contributed by atoms with Crippen molar-refractivity contribution in [2.24, 2.45) is 0 Å². The lowest BCUT2D eigenvalue weighted by atomic mass is 10.2. The molecule has 0 aromatic heterocycles.